The Kier molecular flexibility index (Phi) is 12.8. The van der Waals surface area contributed by atoms with Crippen molar-refractivity contribution in [3.63, 3.8) is 0 Å². The number of unbranched alkanes of at least 4 members (excludes halogenated alkanes) is 3. The summed E-state index contributed by atoms with van der Waals surface area (Å²) >= 11 is 0. The van der Waals surface area contributed by atoms with Gasteiger partial charge in [-0.05, 0) is 30.4 Å². The Morgan fingerprint density at radius 2 is 1.35 bits per heavy atom. The quantitative estimate of drug-likeness (QED) is 0.492. The Morgan fingerprint density at radius 3 is 1.78 bits per heavy atom. The summed E-state index contributed by atoms with van der Waals surface area (Å²) in [5.41, 5.74) is 2.91. The minimum atomic E-state index is -0.856. The van der Waals surface area contributed by atoms with Gasteiger partial charge in [0.05, 0.1) is 24.6 Å². The monoisotopic (exact) mass is 354 g/mol. The standard InChI is InChI=1S/C21H36P.ClH/c1-5-9-16-22(17-10-6-2,18-11-7-3)19-21-15-13-12-14-20(21)8-4;/h8,12-15H,4-7,9-11,16-19H2,1-3H3;1H/q+1;/p-1. The largest absolute Gasteiger partial charge is 1.00 e. The van der Waals surface area contributed by atoms with Crippen molar-refractivity contribution in [1.82, 2.24) is 0 Å². The third kappa shape index (κ3) is 7.86. The lowest BCUT2D eigenvalue weighted by Gasteiger charge is -2.28. The summed E-state index contributed by atoms with van der Waals surface area (Å²) in [6.07, 6.45) is 16.1. The Morgan fingerprint density at radius 1 is 0.870 bits per heavy atom. The van der Waals surface area contributed by atoms with Gasteiger partial charge in [-0.15, -0.1) is 0 Å². The summed E-state index contributed by atoms with van der Waals surface area (Å²) in [5, 5.41) is 0. The first kappa shape index (κ1) is 22.7. The highest BCUT2D eigenvalue weighted by Gasteiger charge is 2.35. The Labute approximate surface area is 151 Å². The van der Waals surface area contributed by atoms with Crippen molar-refractivity contribution in [2.45, 2.75) is 65.5 Å². The van der Waals surface area contributed by atoms with E-state index in [0.717, 1.165) is 0 Å². The molecule has 0 aliphatic rings. The summed E-state index contributed by atoms with van der Waals surface area (Å²) in [4.78, 5) is 0. The van der Waals surface area contributed by atoms with Crippen LogP contribution in [0.5, 0.6) is 0 Å². The Hall–Kier alpha value is -0.320. The molecule has 0 radical (unpaired) electrons. The van der Waals surface area contributed by atoms with E-state index >= 15 is 0 Å². The van der Waals surface area contributed by atoms with Gasteiger partial charge in [0.2, 0.25) is 0 Å². The molecule has 0 spiro atoms. The van der Waals surface area contributed by atoms with Gasteiger partial charge in [0.25, 0.3) is 0 Å². The highest BCUT2D eigenvalue weighted by atomic mass is 35.5. The summed E-state index contributed by atoms with van der Waals surface area (Å²) in [7, 11) is -0.856. The predicted octanol–water partition coefficient (Wildman–Crippen LogP) is 4.25. The summed E-state index contributed by atoms with van der Waals surface area (Å²) < 4.78 is 0. The van der Waals surface area contributed by atoms with Crippen LogP contribution in [-0.4, -0.2) is 18.5 Å². The molecule has 1 aromatic rings. The molecule has 23 heavy (non-hydrogen) atoms. The van der Waals surface area contributed by atoms with Gasteiger partial charge >= 0.3 is 0 Å². The molecule has 0 aromatic heterocycles. The third-order valence-corrected chi connectivity index (χ3v) is 9.55. The topological polar surface area (TPSA) is 0 Å². The van der Waals surface area contributed by atoms with E-state index in [2.05, 4.69) is 51.6 Å². The van der Waals surface area contributed by atoms with Gasteiger partial charge in [-0.2, -0.15) is 0 Å². The fourth-order valence-corrected chi connectivity index (χ4v) is 8.41. The van der Waals surface area contributed by atoms with E-state index in [1.54, 1.807) is 5.56 Å². The Balaban J connectivity index is 0.00000484. The van der Waals surface area contributed by atoms with E-state index < -0.39 is 7.26 Å². The number of rotatable bonds is 12. The van der Waals surface area contributed by atoms with Crippen molar-refractivity contribution in [1.29, 1.82) is 0 Å². The normalized spacial score (nSPS) is 11.1. The van der Waals surface area contributed by atoms with Crippen molar-refractivity contribution in [3.8, 4) is 0 Å². The minimum absolute atomic E-state index is 0. The zero-order chi connectivity index (χ0) is 16.3. The molecule has 0 atom stereocenters. The molecule has 0 heterocycles. The first-order valence-electron chi connectivity index (χ1n) is 9.26. The molecule has 1 aromatic carbocycles. The van der Waals surface area contributed by atoms with E-state index in [9.17, 15) is 0 Å². The first-order valence-corrected chi connectivity index (χ1v) is 11.8. The number of hydrogen-bond acceptors (Lipinski definition) is 0. The van der Waals surface area contributed by atoms with Crippen LogP contribution in [0.3, 0.4) is 0 Å². The molecule has 2 heteroatoms. The predicted molar refractivity (Wildman–Crippen MR) is 106 cm³/mol. The van der Waals surface area contributed by atoms with Crippen LogP contribution in [0.25, 0.3) is 6.08 Å². The molecule has 0 bridgehead atoms. The molecule has 0 nitrogen and oxygen atoms in total. The molecule has 0 aliphatic carbocycles. The lowest BCUT2D eigenvalue weighted by molar-refractivity contribution is -0.00000488. The average molecular weight is 355 g/mol. The molecular weight excluding hydrogens is 319 g/mol. The van der Waals surface area contributed by atoms with E-state index in [4.69, 9.17) is 0 Å². The fraction of sp³-hybridized carbons (Fsp3) is 0.619. The van der Waals surface area contributed by atoms with Crippen LogP contribution in [0.15, 0.2) is 30.8 Å². The second kappa shape index (κ2) is 13.0. The van der Waals surface area contributed by atoms with Crippen molar-refractivity contribution in [2.24, 2.45) is 0 Å². The maximum absolute atomic E-state index is 4.02. The van der Waals surface area contributed by atoms with Crippen molar-refractivity contribution < 1.29 is 12.4 Å². The molecule has 0 saturated carbocycles. The molecule has 0 N–H and O–H groups in total. The van der Waals surface area contributed by atoms with Crippen molar-refractivity contribution >= 4 is 13.3 Å². The third-order valence-electron chi connectivity index (χ3n) is 4.74. The second-order valence-corrected chi connectivity index (χ2v) is 11.0. The summed E-state index contributed by atoms with van der Waals surface area (Å²) in [5.74, 6) is 0. The molecule has 132 valence electrons. The van der Waals surface area contributed by atoms with Gasteiger partial charge in [0.15, 0.2) is 0 Å². The highest BCUT2D eigenvalue weighted by molar-refractivity contribution is 7.75. The zero-order valence-electron chi connectivity index (χ0n) is 15.5. The molecule has 0 unspecified atom stereocenters. The van der Waals surface area contributed by atoms with Crippen molar-refractivity contribution in [3.05, 3.63) is 42.0 Å². The number of hydrogen-bond donors (Lipinski definition) is 0. The number of halogens is 1. The van der Waals surface area contributed by atoms with Crippen LogP contribution in [0.1, 0.15) is 70.4 Å². The number of benzene rings is 1. The maximum Gasteiger partial charge on any atom is 0.0848 e. The molecule has 0 saturated heterocycles. The molecule has 1 rings (SSSR count). The highest BCUT2D eigenvalue weighted by Crippen LogP contribution is 2.63. The van der Waals surface area contributed by atoms with Gasteiger partial charge in [-0.1, -0.05) is 77.0 Å². The van der Waals surface area contributed by atoms with E-state index in [1.165, 1.54) is 68.7 Å². The van der Waals surface area contributed by atoms with Crippen LogP contribution in [0.4, 0.5) is 0 Å². The van der Waals surface area contributed by atoms with Crippen LogP contribution in [0, 0.1) is 0 Å². The van der Waals surface area contributed by atoms with Gasteiger partial charge in [0, 0.05) is 7.26 Å². The molecule has 0 amide bonds. The SMILES string of the molecule is C=Cc1ccccc1C[P+](CCCC)(CCCC)CCCC.[Cl-]. The molecular formula is C21H36ClP. The van der Waals surface area contributed by atoms with E-state index in [1.807, 2.05) is 6.08 Å². The zero-order valence-corrected chi connectivity index (χ0v) is 17.1. The fourth-order valence-electron chi connectivity index (χ4n) is 3.29. The van der Waals surface area contributed by atoms with Crippen LogP contribution in [0.2, 0.25) is 0 Å². The lowest BCUT2D eigenvalue weighted by Crippen LogP contribution is -3.00. The van der Waals surface area contributed by atoms with Crippen LogP contribution in [-0.2, 0) is 6.16 Å². The average Bonchev–Trinajstić information content (AvgIpc) is 2.56. The molecule has 0 aliphatic heterocycles. The van der Waals surface area contributed by atoms with Crippen LogP contribution < -0.4 is 12.4 Å². The second-order valence-electron chi connectivity index (χ2n) is 6.63. The smallest absolute Gasteiger partial charge is 0.0848 e. The van der Waals surface area contributed by atoms with E-state index in [-0.39, 0.29) is 12.4 Å². The summed E-state index contributed by atoms with van der Waals surface area (Å²) in [6, 6.07) is 8.92. The van der Waals surface area contributed by atoms with E-state index in [0.29, 0.717) is 0 Å². The van der Waals surface area contributed by atoms with Gasteiger partial charge in [-0.25, -0.2) is 0 Å². The summed E-state index contributed by atoms with van der Waals surface area (Å²) in [6.45, 7) is 11.0. The van der Waals surface area contributed by atoms with Crippen molar-refractivity contribution in [2.75, 3.05) is 18.5 Å². The van der Waals surface area contributed by atoms with Crippen LogP contribution >= 0.6 is 7.26 Å². The Bertz CT molecular complexity index is 406. The van der Waals surface area contributed by atoms with Gasteiger partial charge in [-0.3, -0.25) is 0 Å². The minimum Gasteiger partial charge on any atom is -1.00 e. The maximum atomic E-state index is 4.02. The lowest BCUT2D eigenvalue weighted by atomic mass is 10.1. The first-order chi connectivity index (χ1) is 10.7. The van der Waals surface area contributed by atoms with Gasteiger partial charge in [0.1, 0.15) is 0 Å². The van der Waals surface area contributed by atoms with Gasteiger partial charge < -0.3 is 12.4 Å². The molecule has 0 fully saturated rings.